The van der Waals surface area contributed by atoms with Crippen molar-refractivity contribution in [1.29, 1.82) is 0 Å². The number of hydrogen-bond donors (Lipinski definition) is 2. The number of nitro groups is 1. The van der Waals surface area contributed by atoms with Crippen molar-refractivity contribution in [1.82, 2.24) is 4.90 Å². The third-order valence-electron chi connectivity index (χ3n) is 2.94. The number of rotatable bonds is 8. The maximum Gasteiger partial charge on any atom is 0.270 e. The lowest BCUT2D eigenvalue weighted by molar-refractivity contribution is -0.384. The molecular weight excluding hydrogens is 278 g/mol. The Labute approximate surface area is 122 Å². The number of nitrogens with zero attached hydrogens (tertiary/aromatic N) is 2. The zero-order valence-electron chi connectivity index (χ0n) is 12.0. The van der Waals surface area contributed by atoms with Gasteiger partial charge in [-0.1, -0.05) is 0 Å². The summed E-state index contributed by atoms with van der Waals surface area (Å²) in [7, 11) is 3.14. The normalized spacial score (nSPS) is 10.2. The van der Waals surface area contributed by atoms with Crippen molar-refractivity contribution < 1.29 is 19.6 Å². The van der Waals surface area contributed by atoms with E-state index in [0.717, 1.165) is 0 Å². The van der Waals surface area contributed by atoms with Gasteiger partial charge >= 0.3 is 0 Å². The molecule has 0 saturated heterocycles. The molecule has 1 aromatic rings. The van der Waals surface area contributed by atoms with E-state index in [-0.39, 0.29) is 24.4 Å². The van der Waals surface area contributed by atoms with Gasteiger partial charge in [-0.25, -0.2) is 0 Å². The number of non-ortho nitro benzene ring substituents is 1. The second-order valence-corrected chi connectivity index (χ2v) is 4.25. The van der Waals surface area contributed by atoms with E-state index in [4.69, 9.17) is 9.84 Å². The Morgan fingerprint density at radius 1 is 1.48 bits per heavy atom. The quantitative estimate of drug-likeness (QED) is 0.541. The van der Waals surface area contributed by atoms with Gasteiger partial charge in [0.2, 0.25) is 0 Å². The van der Waals surface area contributed by atoms with Crippen LogP contribution < -0.4 is 5.32 Å². The fraction of sp³-hybridized carbons (Fsp3) is 0.462. The number of hydrogen-bond acceptors (Lipinski definition) is 6. The van der Waals surface area contributed by atoms with Crippen molar-refractivity contribution in [2.45, 2.75) is 0 Å². The van der Waals surface area contributed by atoms with Gasteiger partial charge < -0.3 is 20.1 Å². The minimum atomic E-state index is -0.554. The first-order valence-electron chi connectivity index (χ1n) is 6.40. The van der Waals surface area contributed by atoms with E-state index in [1.54, 1.807) is 7.05 Å². The van der Waals surface area contributed by atoms with Crippen molar-refractivity contribution in [2.75, 3.05) is 45.8 Å². The van der Waals surface area contributed by atoms with E-state index in [1.807, 2.05) is 0 Å². The molecule has 8 heteroatoms. The smallest absolute Gasteiger partial charge is 0.270 e. The number of nitro benzene ring substituents is 1. The maximum absolute atomic E-state index is 12.5. The average Bonchev–Trinajstić information content (AvgIpc) is 2.49. The summed E-state index contributed by atoms with van der Waals surface area (Å²) >= 11 is 0. The van der Waals surface area contributed by atoms with Gasteiger partial charge in [-0.3, -0.25) is 14.9 Å². The Morgan fingerprint density at radius 2 is 2.19 bits per heavy atom. The van der Waals surface area contributed by atoms with Crippen LogP contribution in [0.1, 0.15) is 10.4 Å². The lowest BCUT2D eigenvalue weighted by Crippen LogP contribution is -2.36. The fourth-order valence-corrected chi connectivity index (χ4v) is 1.85. The summed E-state index contributed by atoms with van der Waals surface area (Å²) in [6.45, 7) is 0.546. The van der Waals surface area contributed by atoms with Crippen LogP contribution >= 0.6 is 0 Å². The van der Waals surface area contributed by atoms with Crippen LogP contribution in [-0.2, 0) is 4.74 Å². The molecule has 0 aliphatic rings. The number of aliphatic hydroxyl groups is 1. The minimum absolute atomic E-state index is 0.133. The number of methoxy groups -OCH3 is 1. The molecule has 0 heterocycles. The molecule has 8 nitrogen and oxygen atoms in total. The molecule has 0 saturated carbocycles. The molecule has 1 aromatic carbocycles. The van der Waals surface area contributed by atoms with Crippen LogP contribution in [0.3, 0.4) is 0 Å². The second kappa shape index (κ2) is 8.18. The molecule has 0 bridgehead atoms. The minimum Gasteiger partial charge on any atom is -0.395 e. The number of carbonyl (C=O) groups excluding carboxylic acids is 1. The van der Waals surface area contributed by atoms with E-state index in [1.165, 1.54) is 30.2 Å². The second-order valence-electron chi connectivity index (χ2n) is 4.25. The number of carbonyl (C=O) groups is 1. The van der Waals surface area contributed by atoms with Gasteiger partial charge in [-0.05, 0) is 6.07 Å². The van der Waals surface area contributed by atoms with E-state index >= 15 is 0 Å². The van der Waals surface area contributed by atoms with Gasteiger partial charge in [-0.15, -0.1) is 0 Å². The van der Waals surface area contributed by atoms with E-state index < -0.39 is 10.8 Å². The molecule has 0 aliphatic heterocycles. The molecule has 0 atom stereocenters. The van der Waals surface area contributed by atoms with Crippen molar-refractivity contribution in [2.24, 2.45) is 0 Å². The van der Waals surface area contributed by atoms with E-state index in [0.29, 0.717) is 18.8 Å². The number of amides is 1. The molecule has 1 amide bonds. The van der Waals surface area contributed by atoms with Gasteiger partial charge in [-0.2, -0.15) is 0 Å². The Hall–Kier alpha value is -2.19. The average molecular weight is 297 g/mol. The molecule has 0 radical (unpaired) electrons. The summed E-state index contributed by atoms with van der Waals surface area (Å²) in [5, 5.41) is 22.7. The van der Waals surface area contributed by atoms with Crippen molar-refractivity contribution in [3.63, 3.8) is 0 Å². The number of aliphatic hydroxyl groups excluding tert-OH is 1. The van der Waals surface area contributed by atoms with Crippen LogP contribution in [0, 0.1) is 10.1 Å². The van der Waals surface area contributed by atoms with Crippen LogP contribution in [0.2, 0.25) is 0 Å². The van der Waals surface area contributed by atoms with Gasteiger partial charge in [0, 0.05) is 45.1 Å². The molecule has 0 aliphatic carbocycles. The lowest BCUT2D eigenvalue weighted by Gasteiger charge is -2.22. The molecule has 21 heavy (non-hydrogen) atoms. The Kier molecular flexibility index (Phi) is 6.57. The monoisotopic (exact) mass is 297 g/mol. The van der Waals surface area contributed by atoms with Crippen molar-refractivity contribution in [3.05, 3.63) is 33.9 Å². The number of ether oxygens (including phenoxy) is 1. The number of nitrogens with one attached hydrogen (secondary N) is 1. The molecule has 0 aromatic heterocycles. The van der Waals surface area contributed by atoms with Crippen LogP contribution in [0.15, 0.2) is 18.2 Å². The third-order valence-corrected chi connectivity index (χ3v) is 2.94. The number of benzene rings is 1. The first-order valence-corrected chi connectivity index (χ1v) is 6.40. The molecule has 116 valence electrons. The Balaban J connectivity index is 3.11. The van der Waals surface area contributed by atoms with Crippen molar-refractivity contribution in [3.8, 4) is 0 Å². The van der Waals surface area contributed by atoms with Crippen LogP contribution in [0.5, 0.6) is 0 Å². The van der Waals surface area contributed by atoms with Gasteiger partial charge in [0.1, 0.15) is 0 Å². The van der Waals surface area contributed by atoms with Crippen molar-refractivity contribution >= 4 is 17.3 Å². The topological polar surface area (TPSA) is 105 Å². The summed E-state index contributed by atoms with van der Waals surface area (Å²) in [5.74, 6) is -0.394. The van der Waals surface area contributed by atoms with Gasteiger partial charge in [0.15, 0.2) is 0 Å². The van der Waals surface area contributed by atoms with E-state index in [9.17, 15) is 14.9 Å². The highest BCUT2D eigenvalue weighted by Gasteiger charge is 2.21. The summed E-state index contributed by atoms with van der Waals surface area (Å²) in [6.07, 6.45) is 0. The predicted octanol–water partition coefficient (Wildman–Crippen LogP) is 0.717. The maximum atomic E-state index is 12.5. The third kappa shape index (κ3) is 4.40. The highest BCUT2D eigenvalue weighted by atomic mass is 16.6. The first-order chi connectivity index (χ1) is 10.0. The molecule has 0 fully saturated rings. The molecule has 0 unspecified atom stereocenters. The Bertz CT molecular complexity index is 507. The first kappa shape index (κ1) is 16.9. The largest absolute Gasteiger partial charge is 0.395 e. The highest BCUT2D eigenvalue weighted by Crippen LogP contribution is 2.23. The summed E-state index contributed by atoms with van der Waals surface area (Å²) in [4.78, 5) is 24.2. The summed E-state index contributed by atoms with van der Waals surface area (Å²) < 4.78 is 4.92. The molecule has 2 N–H and O–H groups in total. The van der Waals surface area contributed by atoms with Gasteiger partial charge in [0.05, 0.1) is 23.7 Å². The SMILES string of the molecule is CNc1ccc([N+](=O)[O-])cc1C(=O)N(CCO)CCOC. The molecule has 0 spiro atoms. The van der Waals surface area contributed by atoms with Crippen LogP contribution in [0.25, 0.3) is 0 Å². The fourth-order valence-electron chi connectivity index (χ4n) is 1.85. The van der Waals surface area contributed by atoms with E-state index in [2.05, 4.69) is 5.32 Å². The van der Waals surface area contributed by atoms with Gasteiger partial charge in [0.25, 0.3) is 11.6 Å². The Morgan fingerprint density at radius 3 is 2.71 bits per heavy atom. The zero-order chi connectivity index (χ0) is 15.8. The van der Waals surface area contributed by atoms with Crippen LogP contribution in [0.4, 0.5) is 11.4 Å². The van der Waals surface area contributed by atoms with Crippen LogP contribution in [-0.4, -0.2) is 61.3 Å². The standard InChI is InChI=1S/C13H19N3O5/c1-14-12-4-3-10(16(19)20)9-11(12)13(18)15(5-7-17)6-8-21-2/h3-4,9,14,17H,5-8H2,1-2H3. The number of anilines is 1. The molecule has 1 rings (SSSR count). The zero-order valence-corrected chi connectivity index (χ0v) is 12.0. The summed E-state index contributed by atoms with van der Waals surface area (Å²) in [5.41, 5.74) is 0.523. The predicted molar refractivity (Wildman–Crippen MR) is 77.5 cm³/mol. The highest BCUT2D eigenvalue weighted by molar-refractivity contribution is 6.00. The lowest BCUT2D eigenvalue weighted by atomic mass is 10.1. The summed E-state index contributed by atoms with van der Waals surface area (Å²) in [6, 6.07) is 4.04. The molecular formula is C13H19N3O5.